The summed E-state index contributed by atoms with van der Waals surface area (Å²) in [7, 11) is 0. The van der Waals surface area contributed by atoms with Crippen LogP contribution in [0.5, 0.6) is 0 Å². The molecule has 0 saturated carbocycles. The van der Waals surface area contributed by atoms with Gasteiger partial charge in [-0.15, -0.1) is 0 Å². The van der Waals surface area contributed by atoms with E-state index in [0.717, 1.165) is 22.6 Å². The van der Waals surface area contributed by atoms with Crippen molar-refractivity contribution in [1.82, 2.24) is 0 Å². The minimum absolute atomic E-state index is 0.981. The molecule has 0 N–H and O–H groups in total. The summed E-state index contributed by atoms with van der Waals surface area (Å²) in [6, 6.07) is -2.26. The largest absolute Gasteiger partial charge is 0.339 e. The predicted molar refractivity (Wildman–Crippen MR) is 29.9 cm³/mol. The van der Waals surface area contributed by atoms with Crippen molar-refractivity contribution < 1.29 is 18.0 Å². The molecule has 2 atom stereocenters. The molecule has 48 valence electrons. The molecule has 0 bridgehead atoms. The van der Waals surface area contributed by atoms with E-state index < -0.39 is 16.4 Å². The van der Waals surface area contributed by atoms with Gasteiger partial charge in [-0.25, -0.2) is 8.78 Å². The maximum absolute atomic E-state index is 11.5. The second-order valence-corrected chi connectivity index (χ2v) is 2.23. The van der Waals surface area contributed by atoms with Gasteiger partial charge in [-0.05, 0) is 22.6 Å². The Morgan fingerprint density at radius 3 is 1.88 bits per heavy atom. The summed E-state index contributed by atoms with van der Waals surface area (Å²) < 4.78 is 32.0. The molecule has 2 unspecified atom stereocenters. The number of hydrogen-bond acceptors (Lipinski definition) is 1. The van der Waals surface area contributed by atoms with E-state index in [-0.39, 0.29) is 0 Å². The Kier molecular flexibility index (Phi) is 3.34. The van der Waals surface area contributed by atoms with E-state index in [0.29, 0.717) is 0 Å². The summed E-state index contributed by atoms with van der Waals surface area (Å²) >= 11 is 0.981. The predicted octanol–water partition coefficient (Wildman–Crippen LogP) is 1.55. The third-order valence-electron chi connectivity index (χ3n) is 0.438. The molecular weight excluding hydrogens is 236 g/mol. The molecule has 0 heterocycles. The number of hydrogen-bond donors (Lipinski definition) is 0. The average Bonchev–Trinajstić information content (AvgIpc) is 1.64. The van der Waals surface area contributed by atoms with E-state index in [1.165, 1.54) is 0 Å². The first-order chi connectivity index (χ1) is 3.55. The van der Waals surface area contributed by atoms with Crippen LogP contribution in [0.25, 0.3) is 0 Å². The summed E-state index contributed by atoms with van der Waals surface area (Å²) in [6.45, 7) is 0. The van der Waals surface area contributed by atoms with Crippen molar-refractivity contribution in [3.8, 4) is 0 Å². The van der Waals surface area contributed by atoms with Crippen LogP contribution in [0.3, 0.4) is 0 Å². The first-order valence-electron chi connectivity index (χ1n) is 1.67. The van der Waals surface area contributed by atoms with Crippen LogP contribution in [0.15, 0.2) is 0 Å². The Morgan fingerprint density at radius 2 is 1.88 bits per heavy atom. The molecule has 8 heavy (non-hydrogen) atoms. The van der Waals surface area contributed by atoms with Gasteiger partial charge in [-0.3, -0.25) is 4.79 Å². The van der Waals surface area contributed by atoms with Gasteiger partial charge in [-0.2, -0.15) is 4.39 Å². The lowest BCUT2D eigenvalue weighted by atomic mass is 10.5. The van der Waals surface area contributed by atoms with Gasteiger partial charge in [0.15, 0.2) is 4.18 Å². The van der Waals surface area contributed by atoms with Gasteiger partial charge in [0.1, 0.15) is 0 Å². The maximum Gasteiger partial charge on any atom is 0.339 e. The molecule has 0 aromatic carbocycles. The number of carbonyl (C=O) groups excluding carboxylic acids is 1. The minimum atomic E-state index is -2.62. The van der Waals surface area contributed by atoms with Crippen molar-refractivity contribution in [1.29, 1.82) is 0 Å². The Morgan fingerprint density at radius 1 is 1.50 bits per heavy atom. The fraction of sp³-hybridized carbons (Fsp3) is 0.667. The fourth-order valence-corrected chi connectivity index (χ4v) is 0.382. The van der Waals surface area contributed by atoms with Crippen molar-refractivity contribution in [2.45, 2.75) is 10.4 Å². The molecule has 0 rings (SSSR count). The zero-order valence-electron chi connectivity index (χ0n) is 3.57. The highest BCUT2D eigenvalue weighted by atomic mass is 127. The van der Waals surface area contributed by atoms with Crippen molar-refractivity contribution in [2.75, 3.05) is 0 Å². The van der Waals surface area contributed by atoms with E-state index in [1.807, 2.05) is 0 Å². The summed E-state index contributed by atoms with van der Waals surface area (Å²) in [5.41, 5.74) is 0. The normalized spacial score (nSPS) is 17.5. The Balaban J connectivity index is 3.64. The second kappa shape index (κ2) is 3.26. The minimum Gasteiger partial charge on any atom is -0.258 e. The second-order valence-electron chi connectivity index (χ2n) is 1.04. The van der Waals surface area contributed by atoms with Crippen LogP contribution in [0.1, 0.15) is 0 Å². The molecular formula is C3H2F3IO. The fourth-order valence-electron chi connectivity index (χ4n) is 0.0991. The van der Waals surface area contributed by atoms with Gasteiger partial charge in [0.2, 0.25) is 6.17 Å². The zero-order chi connectivity index (χ0) is 6.73. The molecule has 0 aliphatic heterocycles. The highest BCUT2D eigenvalue weighted by molar-refractivity contribution is 14.1. The first-order valence-corrected chi connectivity index (χ1v) is 2.92. The Bertz CT molecular complexity index is 94.5. The molecule has 0 aromatic heterocycles. The quantitative estimate of drug-likeness (QED) is 0.405. The molecule has 0 aliphatic rings. The molecule has 0 aliphatic carbocycles. The van der Waals surface area contributed by atoms with E-state index in [4.69, 9.17) is 0 Å². The lowest BCUT2D eigenvalue weighted by molar-refractivity contribution is -0.135. The Hall–Kier alpha value is 0.190. The third kappa shape index (κ3) is 2.49. The standard InChI is InChI=1S/C3H2F3IO/c4-1(2(5)7)3(6)8/h1-2H. The van der Waals surface area contributed by atoms with E-state index in [1.54, 1.807) is 0 Å². The zero-order valence-corrected chi connectivity index (χ0v) is 5.73. The number of carbonyl (C=O) groups is 1. The molecule has 0 aromatic rings. The molecule has 0 spiro atoms. The van der Waals surface area contributed by atoms with E-state index in [9.17, 15) is 18.0 Å². The van der Waals surface area contributed by atoms with Crippen LogP contribution in [0.4, 0.5) is 13.2 Å². The summed E-state index contributed by atoms with van der Waals surface area (Å²) in [4.78, 5) is 9.30. The smallest absolute Gasteiger partial charge is 0.258 e. The third-order valence-corrected chi connectivity index (χ3v) is 1.07. The number of halogens is 4. The highest BCUT2D eigenvalue weighted by Crippen LogP contribution is 2.12. The molecule has 0 fully saturated rings. The van der Waals surface area contributed by atoms with Crippen LogP contribution in [0, 0.1) is 0 Å². The molecule has 1 nitrogen and oxygen atoms in total. The monoisotopic (exact) mass is 238 g/mol. The van der Waals surface area contributed by atoms with Gasteiger partial charge in [-0.1, -0.05) is 0 Å². The van der Waals surface area contributed by atoms with Crippen LogP contribution >= 0.6 is 22.6 Å². The van der Waals surface area contributed by atoms with Gasteiger partial charge >= 0.3 is 6.04 Å². The number of rotatable bonds is 2. The van der Waals surface area contributed by atoms with Gasteiger partial charge in [0.05, 0.1) is 0 Å². The van der Waals surface area contributed by atoms with E-state index >= 15 is 0 Å². The number of alkyl halides is 3. The topological polar surface area (TPSA) is 17.1 Å². The van der Waals surface area contributed by atoms with Gasteiger partial charge in [0.25, 0.3) is 0 Å². The highest BCUT2D eigenvalue weighted by Gasteiger charge is 2.24. The van der Waals surface area contributed by atoms with E-state index in [2.05, 4.69) is 0 Å². The summed E-state index contributed by atoms with van der Waals surface area (Å²) in [5, 5.41) is 0. The van der Waals surface area contributed by atoms with Crippen LogP contribution < -0.4 is 0 Å². The lowest BCUT2D eigenvalue weighted by Gasteiger charge is -1.97. The maximum atomic E-state index is 11.5. The molecule has 0 amide bonds. The van der Waals surface area contributed by atoms with Crippen LogP contribution in [-0.4, -0.2) is 16.4 Å². The first kappa shape index (κ1) is 8.19. The van der Waals surface area contributed by atoms with Crippen LogP contribution in [0.2, 0.25) is 0 Å². The van der Waals surface area contributed by atoms with Crippen molar-refractivity contribution in [3.63, 3.8) is 0 Å². The van der Waals surface area contributed by atoms with Crippen molar-refractivity contribution in [2.24, 2.45) is 0 Å². The summed E-state index contributed by atoms with van der Waals surface area (Å²) in [5.74, 6) is 0. The average molecular weight is 238 g/mol. The lowest BCUT2D eigenvalue weighted by Crippen LogP contribution is -2.17. The summed E-state index contributed by atoms with van der Waals surface area (Å²) in [6.07, 6.45) is -2.62. The molecule has 5 heteroatoms. The Labute approximate surface area is 57.4 Å². The van der Waals surface area contributed by atoms with Gasteiger partial charge < -0.3 is 0 Å². The molecule has 0 saturated heterocycles. The van der Waals surface area contributed by atoms with Crippen molar-refractivity contribution in [3.05, 3.63) is 0 Å². The van der Waals surface area contributed by atoms with Crippen LogP contribution in [-0.2, 0) is 4.79 Å². The van der Waals surface area contributed by atoms with Crippen molar-refractivity contribution >= 4 is 28.6 Å². The molecule has 0 radical (unpaired) electrons. The van der Waals surface area contributed by atoms with Gasteiger partial charge in [0, 0.05) is 0 Å². The SMILES string of the molecule is O=C(F)C(F)C(F)I.